The second kappa shape index (κ2) is 4.84. The van der Waals surface area contributed by atoms with Gasteiger partial charge in [-0.2, -0.15) is 0 Å². The molecule has 0 saturated heterocycles. The summed E-state index contributed by atoms with van der Waals surface area (Å²) in [5, 5.41) is 0.747. The van der Waals surface area contributed by atoms with Crippen LogP contribution < -0.4 is 5.73 Å². The van der Waals surface area contributed by atoms with Gasteiger partial charge in [-0.05, 0) is 32.0 Å². The molecule has 2 N–H and O–H groups in total. The van der Waals surface area contributed by atoms with Crippen LogP contribution in [0, 0.1) is 19.7 Å². The Labute approximate surface area is 112 Å². The van der Waals surface area contributed by atoms with Crippen molar-refractivity contribution in [1.82, 2.24) is 4.98 Å². The average molecular weight is 315 g/mol. The van der Waals surface area contributed by atoms with Gasteiger partial charge in [-0.25, -0.2) is 9.37 Å². The van der Waals surface area contributed by atoms with Crippen molar-refractivity contribution >= 4 is 27.3 Å². The number of thiazole rings is 1. The van der Waals surface area contributed by atoms with Crippen LogP contribution in [0.2, 0.25) is 0 Å². The molecule has 1 atom stereocenters. The fourth-order valence-corrected chi connectivity index (χ4v) is 2.84. The third-order valence-corrected chi connectivity index (χ3v) is 4.25. The molecule has 1 aromatic heterocycles. The molecule has 90 valence electrons. The molecule has 2 aromatic rings. The van der Waals surface area contributed by atoms with E-state index >= 15 is 0 Å². The Morgan fingerprint density at radius 1 is 1.41 bits per heavy atom. The first-order valence-corrected chi connectivity index (χ1v) is 6.74. The van der Waals surface area contributed by atoms with Gasteiger partial charge in [0.1, 0.15) is 10.8 Å². The number of hydrogen-bond acceptors (Lipinski definition) is 3. The summed E-state index contributed by atoms with van der Waals surface area (Å²) in [6.45, 7) is 3.92. The van der Waals surface area contributed by atoms with E-state index in [2.05, 4.69) is 20.9 Å². The maximum atomic E-state index is 13.7. The molecule has 0 fully saturated rings. The van der Waals surface area contributed by atoms with Crippen LogP contribution in [0.1, 0.15) is 27.2 Å². The van der Waals surface area contributed by atoms with Gasteiger partial charge in [0.25, 0.3) is 0 Å². The van der Waals surface area contributed by atoms with Crippen molar-refractivity contribution in [3.63, 3.8) is 0 Å². The number of aryl methyl sites for hydroxylation is 2. The van der Waals surface area contributed by atoms with Crippen LogP contribution in [0.5, 0.6) is 0 Å². The molecule has 0 bridgehead atoms. The summed E-state index contributed by atoms with van der Waals surface area (Å²) in [5.74, 6) is -0.300. The fraction of sp³-hybridized carbons (Fsp3) is 0.250. The Bertz CT molecular complexity index is 534. The van der Waals surface area contributed by atoms with Gasteiger partial charge in [-0.15, -0.1) is 11.3 Å². The van der Waals surface area contributed by atoms with Crippen LogP contribution in [0.25, 0.3) is 0 Å². The molecule has 1 heterocycles. The molecule has 0 radical (unpaired) electrons. The summed E-state index contributed by atoms with van der Waals surface area (Å²) in [6, 6.07) is 4.26. The third-order valence-electron chi connectivity index (χ3n) is 2.60. The van der Waals surface area contributed by atoms with Crippen LogP contribution in [-0.2, 0) is 0 Å². The molecule has 1 aromatic carbocycles. The number of rotatable bonds is 2. The Kier molecular flexibility index (Phi) is 3.61. The van der Waals surface area contributed by atoms with Crippen LogP contribution >= 0.6 is 27.3 Å². The molecule has 0 spiro atoms. The van der Waals surface area contributed by atoms with Crippen molar-refractivity contribution < 1.29 is 4.39 Å². The Morgan fingerprint density at radius 2 is 2.12 bits per heavy atom. The Hall–Kier alpha value is -0.780. The van der Waals surface area contributed by atoms with Gasteiger partial charge in [0, 0.05) is 14.9 Å². The minimum atomic E-state index is -0.509. The monoisotopic (exact) mass is 314 g/mol. The first-order valence-electron chi connectivity index (χ1n) is 5.13. The summed E-state index contributed by atoms with van der Waals surface area (Å²) in [5.41, 5.74) is 7.48. The average Bonchev–Trinajstić information content (AvgIpc) is 2.62. The highest BCUT2D eigenvalue weighted by molar-refractivity contribution is 9.10. The maximum absolute atomic E-state index is 13.7. The van der Waals surface area contributed by atoms with E-state index in [1.54, 1.807) is 12.1 Å². The summed E-state index contributed by atoms with van der Waals surface area (Å²) >= 11 is 4.83. The molecule has 0 aliphatic heterocycles. The molecule has 0 aliphatic rings. The van der Waals surface area contributed by atoms with Crippen LogP contribution in [0.4, 0.5) is 4.39 Å². The third kappa shape index (κ3) is 2.56. The van der Waals surface area contributed by atoms with E-state index in [1.165, 1.54) is 17.4 Å². The van der Waals surface area contributed by atoms with Gasteiger partial charge >= 0.3 is 0 Å². The lowest BCUT2D eigenvalue weighted by Gasteiger charge is -2.10. The lowest BCUT2D eigenvalue weighted by Crippen LogP contribution is -2.13. The molecule has 0 saturated carbocycles. The van der Waals surface area contributed by atoms with Gasteiger partial charge in [0.2, 0.25) is 0 Å². The highest BCUT2D eigenvalue weighted by Crippen LogP contribution is 2.29. The SMILES string of the molecule is Cc1nc(C(N)c2cc(Br)ccc2F)sc1C. The van der Waals surface area contributed by atoms with Crippen LogP contribution in [0.3, 0.4) is 0 Å². The molecule has 1 unspecified atom stereocenters. The van der Waals surface area contributed by atoms with Gasteiger partial charge in [0.15, 0.2) is 0 Å². The summed E-state index contributed by atoms with van der Waals surface area (Å²) < 4.78 is 14.5. The van der Waals surface area contributed by atoms with Crippen molar-refractivity contribution in [2.75, 3.05) is 0 Å². The Balaban J connectivity index is 2.42. The lowest BCUT2D eigenvalue weighted by molar-refractivity contribution is 0.598. The number of benzene rings is 1. The van der Waals surface area contributed by atoms with E-state index in [9.17, 15) is 4.39 Å². The minimum Gasteiger partial charge on any atom is -0.318 e. The molecule has 5 heteroatoms. The smallest absolute Gasteiger partial charge is 0.128 e. The van der Waals surface area contributed by atoms with Gasteiger partial charge in [-0.1, -0.05) is 15.9 Å². The van der Waals surface area contributed by atoms with E-state index in [1.807, 2.05) is 13.8 Å². The van der Waals surface area contributed by atoms with E-state index in [0.29, 0.717) is 5.56 Å². The number of nitrogens with zero attached hydrogens (tertiary/aromatic N) is 1. The normalized spacial score (nSPS) is 12.8. The van der Waals surface area contributed by atoms with E-state index in [-0.39, 0.29) is 5.82 Å². The Morgan fingerprint density at radius 3 is 2.71 bits per heavy atom. The first kappa shape index (κ1) is 12.7. The molecule has 0 amide bonds. The van der Waals surface area contributed by atoms with Crippen molar-refractivity contribution in [2.45, 2.75) is 19.9 Å². The molecule has 2 rings (SSSR count). The summed E-state index contributed by atoms with van der Waals surface area (Å²) in [4.78, 5) is 5.49. The van der Waals surface area contributed by atoms with Crippen LogP contribution in [0.15, 0.2) is 22.7 Å². The van der Waals surface area contributed by atoms with Crippen molar-refractivity contribution in [3.05, 3.63) is 49.6 Å². The minimum absolute atomic E-state index is 0.300. The van der Waals surface area contributed by atoms with Crippen molar-refractivity contribution in [1.29, 1.82) is 0 Å². The van der Waals surface area contributed by atoms with Crippen molar-refractivity contribution in [3.8, 4) is 0 Å². The zero-order valence-corrected chi connectivity index (χ0v) is 11.9. The largest absolute Gasteiger partial charge is 0.318 e. The molecular formula is C12H12BrFN2S. The van der Waals surface area contributed by atoms with Gasteiger partial charge < -0.3 is 5.73 Å². The lowest BCUT2D eigenvalue weighted by atomic mass is 10.1. The zero-order valence-electron chi connectivity index (χ0n) is 9.50. The van der Waals surface area contributed by atoms with E-state index < -0.39 is 6.04 Å². The van der Waals surface area contributed by atoms with Gasteiger partial charge in [-0.3, -0.25) is 0 Å². The highest BCUT2D eigenvalue weighted by atomic mass is 79.9. The number of aromatic nitrogens is 1. The van der Waals surface area contributed by atoms with E-state index in [0.717, 1.165) is 20.1 Å². The van der Waals surface area contributed by atoms with Crippen LogP contribution in [-0.4, -0.2) is 4.98 Å². The van der Waals surface area contributed by atoms with Crippen molar-refractivity contribution in [2.24, 2.45) is 5.73 Å². The predicted molar refractivity (Wildman–Crippen MR) is 71.7 cm³/mol. The quantitative estimate of drug-likeness (QED) is 0.917. The molecule has 2 nitrogen and oxygen atoms in total. The number of nitrogens with two attached hydrogens (primary N) is 1. The topological polar surface area (TPSA) is 38.9 Å². The second-order valence-electron chi connectivity index (χ2n) is 3.84. The zero-order chi connectivity index (χ0) is 12.6. The maximum Gasteiger partial charge on any atom is 0.128 e. The first-order chi connectivity index (χ1) is 7.99. The van der Waals surface area contributed by atoms with E-state index in [4.69, 9.17) is 5.73 Å². The standard InChI is InChI=1S/C12H12BrFN2S/c1-6-7(2)17-12(16-6)11(15)9-5-8(13)3-4-10(9)14/h3-5,11H,15H2,1-2H3. The number of halogens is 2. The molecule has 17 heavy (non-hydrogen) atoms. The highest BCUT2D eigenvalue weighted by Gasteiger charge is 2.18. The molecule has 0 aliphatic carbocycles. The fourth-order valence-electron chi connectivity index (χ4n) is 1.52. The second-order valence-corrected chi connectivity index (χ2v) is 5.99. The predicted octanol–water partition coefficient (Wildman–Crippen LogP) is 3.71. The number of hydrogen-bond donors (Lipinski definition) is 1. The van der Waals surface area contributed by atoms with Gasteiger partial charge in [0.05, 0.1) is 11.7 Å². The summed E-state index contributed by atoms with van der Waals surface area (Å²) in [6.07, 6.45) is 0. The summed E-state index contributed by atoms with van der Waals surface area (Å²) in [7, 11) is 0. The molecular weight excluding hydrogens is 303 g/mol.